The first kappa shape index (κ1) is 17.6. The summed E-state index contributed by atoms with van der Waals surface area (Å²) in [5.41, 5.74) is 1.14. The van der Waals surface area contributed by atoms with Crippen LogP contribution in [0.4, 0.5) is 0 Å². The van der Waals surface area contributed by atoms with Gasteiger partial charge in [-0.1, -0.05) is 36.4 Å². The predicted molar refractivity (Wildman–Crippen MR) is 105 cm³/mol. The number of nitrogens with zero attached hydrogens (tertiary/aromatic N) is 1. The fraction of sp³-hybridized carbons (Fsp3) is 0.0870. The monoisotopic (exact) mass is 419 g/mol. The van der Waals surface area contributed by atoms with Gasteiger partial charge in [-0.15, -0.1) is 0 Å². The minimum absolute atomic E-state index is 0. The Morgan fingerprint density at radius 3 is 2.19 bits per heavy atom. The lowest BCUT2D eigenvalue weighted by molar-refractivity contribution is -0.509. The molecule has 0 radical (unpaired) electrons. The summed E-state index contributed by atoms with van der Waals surface area (Å²) in [7, 11) is 3.33. The molecule has 2 aromatic heterocycles. The molecule has 0 bridgehead atoms. The largest absolute Gasteiger partial charge is 1.00 e. The first-order chi connectivity index (χ1) is 12.8. The number of hydrogen-bond donors (Lipinski definition) is 0. The van der Waals surface area contributed by atoms with Crippen LogP contribution in [-0.4, -0.2) is 14.2 Å². The molecule has 27 heavy (non-hydrogen) atoms. The van der Waals surface area contributed by atoms with Gasteiger partial charge in [0.15, 0.2) is 23.9 Å². The van der Waals surface area contributed by atoms with Gasteiger partial charge in [-0.2, -0.15) is 4.40 Å². The lowest BCUT2D eigenvalue weighted by Gasteiger charge is -2.09. The normalized spacial score (nSPS) is 11.0. The molecule has 0 spiro atoms. The van der Waals surface area contributed by atoms with E-state index in [-0.39, 0.29) is 17.0 Å². The third kappa shape index (κ3) is 2.68. The van der Waals surface area contributed by atoms with Gasteiger partial charge in [0.25, 0.3) is 0 Å². The summed E-state index contributed by atoms with van der Waals surface area (Å²) in [6, 6.07) is 21.3. The third-order valence-electron chi connectivity index (χ3n) is 5.09. The Morgan fingerprint density at radius 2 is 1.37 bits per heavy atom. The molecule has 0 saturated carbocycles. The molecule has 3 aromatic carbocycles. The number of aromatic nitrogens is 1. The minimum atomic E-state index is 0. The van der Waals surface area contributed by atoms with Crippen molar-refractivity contribution in [1.82, 2.24) is 0 Å². The molecule has 5 aromatic rings. The van der Waals surface area contributed by atoms with Crippen LogP contribution in [0.15, 0.2) is 73.1 Å². The summed E-state index contributed by atoms with van der Waals surface area (Å²) in [4.78, 5) is 0. The van der Waals surface area contributed by atoms with E-state index in [0.717, 1.165) is 27.8 Å². The first-order valence-corrected chi connectivity index (χ1v) is 8.60. The van der Waals surface area contributed by atoms with E-state index in [0.29, 0.717) is 0 Å². The van der Waals surface area contributed by atoms with Gasteiger partial charge in [-0.3, -0.25) is 0 Å². The molecule has 2 heterocycles. The summed E-state index contributed by atoms with van der Waals surface area (Å²) < 4.78 is 13.1. The zero-order chi connectivity index (χ0) is 17.7. The zero-order valence-electron chi connectivity index (χ0n) is 15.1. The Kier molecular flexibility index (Phi) is 4.36. The zero-order valence-corrected chi connectivity index (χ0v) is 16.7. The smallest absolute Gasteiger partial charge is 0.219 e. The second-order valence-electron chi connectivity index (χ2n) is 6.47. The van der Waals surface area contributed by atoms with Crippen LogP contribution >= 0.6 is 0 Å². The molecule has 0 amide bonds. The number of pyridine rings is 2. The molecule has 0 atom stereocenters. The standard InChI is InChI=1S/C23H18NO2.BrH/c1-25-22-12-17-9-10-24-14-20-16(8-7-15-5-3-4-6-18(15)20)11-21(24)19(17)13-23(22)26-2;/h3-14H,1-2H3;1H/q+1;/p-1. The SMILES string of the molecule is COc1cc2cc[n+]3cc4c(ccc5ccccc54)cc3c2cc1OC.[Br-]. The Labute approximate surface area is 167 Å². The van der Waals surface area contributed by atoms with Crippen molar-refractivity contribution in [1.29, 1.82) is 0 Å². The summed E-state index contributed by atoms with van der Waals surface area (Å²) in [5, 5.41) is 7.27. The summed E-state index contributed by atoms with van der Waals surface area (Å²) in [6.45, 7) is 0. The van der Waals surface area contributed by atoms with Gasteiger partial charge in [0.05, 0.1) is 25.0 Å². The van der Waals surface area contributed by atoms with Crippen molar-refractivity contribution in [2.75, 3.05) is 14.2 Å². The summed E-state index contributed by atoms with van der Waals surface area (Å²) in [6.07, 6.45) is 4.31. The van der Waals surface area contributed by atoms with Crippen LogP contribution in [0.25, 0.3) is 37.8 Å². The Hall–Kier alpha value is -2.85. The second kappa shape index (κ2) is 6.71. The molecule has 0 unspecified atom stereocenters. The Bertz CT molecular complexity index is 1310. The number of hydrogen-bond acceptors (Lipinski definition) is 2. The molecule has 4 heteroatoms. The van der Waals surface area contributed by atoms with Crippen LogP contribution in [0.1, 0.15) is 0 Å². The third-order valence-corrected chi connectivity index (χ3v) is 5.09. The van der Waals surface area contributed by atoms with E-state index in [1.165, 1.54) is 21.5 Å². The Morgan fingerprint density at radius 1 is 0.667 bits per heavy atom. The number of halogens is 1. The Balaban J connectivity index is 0.00000180. The van der Waals surface area contributed by atoms with Crippen LogP contribution in [0.5, 0.6) is 11.5 Å². The van der Waals surface area contributed by atoms with Crippen molar-refractivity contribution in [2.24, 2.45) is 0 Å². The van der Waals surface area contributed by atoms with E-state index in [1.807, 2.05) is 6.07 Å². The lowest BCUT2D eigenvalue weighted by Crippen LogP contribution is -3.00. The number of benzene rings is 3. The fourth-order valence-electron chi connectivity index (χ4n) is 3.77. The van der Waals surface area contributed by atoms with Crippen LogP contribution in [0.3, 0.4) is 0 Å². The highest BCUT2D eigenvalue weighted by Crippen LogP contribution is 2.34. The van der Waals surface area contributed by atoms with Crippen molar-refractivity contribution in [2.45, 2.75) is 0 Å². The van der Waals surface area contributed by atoms with Gasteiger partial charge in [-0.05, 0) is 33.7 Å². The maximum absolute atomic E-state index is 5.50. The molecule has 0 saturated heterocycles. The maximum Gasteiger partial charge on any atom is 0.219 e. The molecule has 134 valence electrons. The van der Waals surface area contributed by atoms with Gasteiger partial charge in [0, 0.05) is 12.1 Å². The molecule has 3 nitrogen and oxygen atoms in total. The second-order valence-corrected chi connectivity index (χ2v) is 6.47. The fourth-order valence-corrected chi connectivity index (χ4v) is 3.77. The van der Waals surface area contributed by atoms with Gasteiger partial charge >= 0.3 is 0 Å². The molecule has 5 rings (SSSR count). The highest BCUT2D eigenvalue weighted by atomic mass is 79.9. The minimum Gasteiger partial charge on any atom is -1.00 e. The molecular formula is C23H18BrNO2. The van der Waals surface area contributed by atoms with Crippen LogP contribution in [0.2, 0.25) is 0 Å². The highest BCUT2D eigenvalue weighted by molar-refractivity contribution is 6.08. The number of methoxy groups -OCH3 is 2. The predicted octanol–water partition coefficient (Wildman–Crippen LogP) is 1.91. The van der Waals surface area contributed by atoms with Crippen LogP contribution in [-0.2, 0) is 0 Å². The van der Waals surface area contributed by atoms with E-state index < -0.39 is 0 Å². The highest BCUT2D eigenvalue weighted by Gasteiger charge is 2.15. The van der Waals surface area contributed by atoms with Crippen LogP contribution in [0, 0.1) is 0 Å². The quantitative estimate of drug-likeness (QED) is 0.247. The average molecular weight is 420 g/mol. The van der Waals surface area contributed by atoms with E-state index in [4.69, 9.17) is 9.47 Å². The summed E-state index contributed by atoms with van der Waals surface area (Å²) in [5.74, 6) is 1.49. The molecule has 0 aliphatic rings. The molecule has 0 aliphatic carbocycles. The lowest BCUT2D eigenvalue weighted by atomic mass is 10.0. The van der Waals surface area contributed by atoms with Crippen molar-refractivity contribution in [3.63, 3.8) is 0 Å². The first-order valence-electron chi connectivity index (χ1n) is 8.60. The molecule has 0 fully saturated rings. The molecule has 0 aliphatic heterocycles. The number of rotatable bonds is 2. The summed E-state index contributed by atoms with van der Waals surface area (Å²) >= 11 is 0. The van der Waals surface area contributed by atoms with E-state index in [1.54, 1.807) is 14.2 Å². The molecule has 0 N–H and O–H groups in total. The van der Waals surface area contributed by atoms with E-state index >= 15 is 0 Å². The van der Waals surface area contributed by atoms with E-state index in [2.05, 4.69) is 71.4 Å². The van der Waals surface area contributed by atoms with Gasteiger partial charge < -0.3 is 26.5 Å². The van der Waals surface area contributed by atoms with Crippen molar-refractivity contribution >= 4 is 37.8 Å². The van der Waals surface area contributed by atoms with Crippen LogP contribution < -0.4 is 30.9 Å². The van der Waals surface area contributed by atoms with Crippen molar-refractivity contribution in [3.8, 4) is 11.5 Å². The van der Waals surface area contributed by atoms with Gasteiger partial charge in [-0.25, -0.2) is 0 Å². The number of ether oxygens (including phenoxy) is 2. The maximum atomic E-state index is 5.50. The average Bonchev–Trinajstić information content (AvgIpc) is 2.71. The van der Waals surface area contributed by atoms with Gasteiger partial charge in [0.1, 0.15) is 0 Å². The van der Waals surface area contributed by atoms with Crippen molar-refractivity contribution < 1.29 is 30.9 Å². The topological polar surface area (TPSA) is 22.6 Å². The van der Waals surface area contributed by atoms with Crippen molar-refractivity contribution in [3.05, 3.63) is 73.1 Å². The van der Waals surface area contributed by atoms with E-state index in [9.17, 15) is 0 Å². The van der Waals surface area contributed by atoms with Gasteiger partial charge in [0.2, 0.25) is 5.52 Å². The number of fused-ring (bicyclic) bond motifs is 6. The molecular weight excluding hydrogens is 402 g/mol.